The van der Waals surface area contributed by atoms with Crippen molar-refractivity contribution < 1.29 is 9.59 Å². The SMILES string of the molecule is CCCn1nc(C(=O)N[C@@H]2C[C@H]3CC[C@@H](C2)N3CCN2CCN(C(C)=O)CC2)c2ccccc21. The lowest BCUT2D eigenvalue weighted by Crippen LogP contribution is -2.54. The van der Waals surface area contributed by atoms with E-state index in [2.05, 4.69) is 27.1 Å². The van der Waals surface area contributed by atoms with Crippen molar-refractivity contribution in [2.75, 3.05) is 39.3 Å². The van der Waals surface area contributed by atoms with Gasteiger partial charge in [-0.05, 0) is 38.2 Å². The fourth-order valence-electron chi connectivity index (χ4n) is 6.23. The highest BCUT2D eigenvalue weighted by molar-refractivity contribution is 6.05. The quantitative estimate of drug-likeness (QED) is 0.678. The van der Waals surface area contributed by atoms with Gasteiger partial charge in [-0.1, -0.05) is 25.1 Å². The number of nitrogens with zero attached hydrogens (tertiary/aromatic N) is 5. The van der Waals surface area contributed by atoms with Crippen molar-refractivity contribution in [2.24, 2.45) is 0 Å². The number of carbonyl (C=O) groups excluding carboxylic acids is 2. The van der Waals surface area contributed by atoms with E-state index in [1.165, 1.54) is 12.8 Å². The molecule has 8 heteroatoms. The number of rotatable bonds is 7. The molecule has 8 nitrogen and oxygen atoms in total. The molecule has 3 fully saturated rings. The van der Waals surface area contributed by atoms with Crippen molar-refractivity contribution in [1.82, 2.24) is 29.8 Å². The van der Waals surface area contributed by atoms with Crippen molar-refractivity contribution in [1.29, 1.82) is 0 Å². The number of piperidine rings is 1. The van der Waals surface area contributed by atoms with Crippen LogP contribution in [0.4, 0.5) is 0 Å². The first-order valence-electron chi connectivity index (χ1n) is 13.0. The molecule has 34 heavy (non-hydrogen) atoms. The third-order valence-electron chi connectivity index (χ3n) is 8.02. The van der Waals surface area contributed by atoms with Gasteiger partial charge in [-0.2, -0.15) is 5.10 Å². The van der Waals surface area contributed by atoms with E-state index in [-0.39, 0.29) is 17.9 Å². The van der Waals surface area contributed by atoms with Crippen LogP contribution in [0, 0.1) is 0 Å². The molecule has 2 aromatic rings. The standard InChI is InChI=1S/C26H38N6O2/c1-3-10-32-24-7-5-4-6-23(24)25(28-32)26(34)27-20-17-21-8-9-22(18-20)31(21)16-13-29-11-14-30(15-12-29)19(2)33/h4-7,20-22H,3,8-18H2,1-2H3,(H,27,34)/t20-,21-,22+. The Hall–Kier alpha value is -2.45. The largest absolute Gasteiger partial charge is 0.348 e. The van der Waals surface area contributed by atoms with Gasteiger partial charge in [-0.15, -0.1) is 0 Å². The molecule has 2 bridgehead atoms. The number of aryl methyl sites for hydroxylation is 1. The summed E-state index contributed by atoms with van der Waals surface area (Å²) in [6.45, 7) is 10.4. The van der Waals surface area contributed by atoms with Crippen LogP contribution < -0.4 is 5.32 Å². The molecule has 4 heterocycles. The van der Waals surface area contributed by atoms with Gasteiger partial charge in [-0.25, -0.2) is 0 Å². The Balaban J connectivity index is 1.16. The van der Waals surface area contributed by atoms with E-state index in [4.69, 9.17) is 0 Å². The molecule has 1 aromatic heterocycles. The Morgan fingerprint density at radius 2 is 1.71 bits per heavy atom. The molecule has 0 aliphatic carbocycles. The third kappa shape index (κ3) is 4.70. The topological polar surface area (TPSA) is 73.7 Å². The highest BCUT2D eigenvalue weighted by Gasteiger charge is 2.41. The third-order valence-corrected chi connectivity index (χ3v) is 8.02. The Labute approximate surface area is 202 Å². The highest BCUT2D eigenvalue weighted by Crippen LogP contribution is 2.35. The van der Waals surface area contributed by atoms with Gasteiger partial charge in [0.05, 0.1) is 5.52 Å². The monoisotopic (exact) mass is 466 g/mol. The van der Waals surface area contributed by atoms with Crippen LogP contribution in [0.25, 0.3) is 10.9 Å². The Kier molecular flexibility index (Phi) is 6.88. The molecule has 3 saturated heterocycles. The maximum Gasteiger partial charge on any atom is 0.272 e. The van der Waals surface area contributed by atoms with E-state index >= 15 is 0 Å². The maximum atomic E-state index is 13.2. The van der Waals surface area contributed by atoms with Gasteiger partial charge in [0.2, 0.25) is 5.91 Å². The van der Waals surface area contributed by atoms with Gasteiger partial charge in [-0.3, -0.25) is 24.1 Å². The molecule has 2 amide bonds. The lowest BCUT2D eigenvalue weighted by Gasteiger charge is -2.41. The average Bonchev–Trinajstić information content (AvgIpc) is 3.32. The summed E-state index contributed by atoms with van der Waals surface area (Å²) in [6.07, 6.45) is 5.48. The Morgan fingerprint density at radius 1 is 1.00 bits per heavy atom. The lowest BCUT2D eigenvalue weighted by molar-refractivity contribution is -0.130. The van der Waals surface area contributed by atoms with E-state index < -0.39 is 0 Å². The number of hydrogen-bond acceptors (Lipinski definition) is 5. The van der Waals surface area contributed by atoms with E-state index in [0.717, 1.165) is 76.0 Å². The molecular formula is C26H38N6O2. The molecule has 3 aliphatic rings. The second-order valence-electron chi connectivity index (χ2n) is 10.2. The molecular weight excluding hydrogens is 428 g/mol. The number of fused-ring (bicyclic) bond motifs is 3. The van der Waals surface area contributed by atoms with Gasteiger partial charge >= 0.3 is 0 Å². The Bertz CT molecular complexity index is 1010. The fraction of sp³-hybridized carbons (Fsp3) is 0.654. The zero-order chi connectivity index (χ0) is 23.7. The molecule has 0 spiro atoms. The first-order valence-corrected chi connectivity index (χ1v) is 13.0. The van der Waals surface area contributed by atoms with Crippen LogP contribution in [0.2, 0.25) is 0 Å². The van der Waals surface area contributed by atoms with Crippen molar-refractivity contribution in [3.8, 4) is 0 Å². The first kappa shape index (κ1) is 23.3. The number of carbonyl (C=O) groups is 2. The summed E-state index contributed by atoms with van der Waals surface area (Å²) in [5.41, 5.74) is 1.59. The maximum absolute atomic E-state index is 13.2. The van der Waals surface area contributed by atoms with Crippen LogP contribution in [0.15, 0.2) is 24.3 Å². The van der Waals surface area contributed by atoms with E-state index in [0.29, 0.717) is 17.8 Å². The molecule has 0 unspecified atom stereocenters. The number of hydrogen-bond donors (Lipinski definition) is 1. The molecule has 0 radical (unpaired) electrons. The van der Waals surface area contributed by atoms with Crippen molar-refractivity contribution in [3.63, 3.8) is 0 Å². The molecule has 1 N–H and O–H groups in total. The van der Waals surface area contributed by atoms with Crippen molar-refractivity contribution >= 4 is 22.7 Å². The normalized spacial score (nSPS) is 25.7. The summed E-state index contributed by atoms with van der Waals surface area (Å²) < 4.78 is 1.97. The van der Waals surface area contributed by atoms with Crippen LogP contribution >= 0.6 is 0 Å². The lowest BCUT2D eigenvalue weighted by atomic mass is 9.97. The summed E-state index contributed by atoms with van der Waals surface area (Å²) in [6, 6.07) is 9.37. The Morgan fingerprint density at radius 3 is 2.38 bits per heavy atom. The second-order valence-corrected chi connectivity index (χ2v) is 10.2. The summed E-state index contributed by atoms with van der Waals surface area (Å²) in [7, 11) is 0. The summed E-state index contributed by atoms with van der Waals surface area (Å²) >= 11 is 0. The zero-order valence-corrected chi connectivity index (χ0v) is 20.6. The summed E-state index contributed by atoms with van der Waals surface area (Å²) in [5, 5.41) is 8.95. The van der Waals surface area contributed by atoms with Gasteiger partial charge < -0.3 is 10.2 Å². The van der Waals surface area contributed by atoms with E-state index in [1.54, 1.807) is 6.92 Å². The molecule has 184 valence electrons. The predicted molar refractivity (Wildman–Crippen MR) is 133 cm³/mol. The van der Waals surface area contributed by atoms with Crippen LogP contribution in [0.5, 0.6) is 0 Å². The van der Waals surface area contributed by atoms with Gasteiger partial charge in [0.15, 0.2) is 5.69 Å². The average molecular weight is 467 g/mol. The number of amides is 2. The molecule has 3 atom stereocenters. The number of piperazine rings is 1. The number of benzene rings is 1. The molecule has 1 aromatic carbocycles. The number of aromatic nitrogens is 2. The summed E-state index contributed by atoms with van der Waals surface area (Å²) in [5.74, 6) is 0.152. The predicted octanol–water partition coefficient (Wildman–Crippen LogP) is 2.34. The van der Waals surface area contributed by atoms with Gasteiger partial charge in [0, 0.05) is 76.2 Å². The van der Waals surface area contributed by atoms with E-state index in [1.807, 2.05) is 33.8 Å². The smallest absolute Gasteiger partial charge is 0.272 e. The zero-order valence-electron chi connectivity index (χ0n) is 20.6. The molecule has 5 rings (SSSR count). The molecule has 3 aliphatic heterocycles. The van der Waals surface area contributed by atoms with Gasteiger partial charge in [0.1, 0.15) is 0 Å². The number of para-hydroxylation sites is 1. The fourth-order valence-corrected chi connectivity index (χ4v) is 6.23. The van der Waals surface area contributed by atoms with Crippen LogP contribution in [-0.2, 0) is 11.3 Å². The van der Waals surface area contributed by atoms with Crippen molar-refractivity contribution in [3.05, 3.63) is 30.0 Å². The minimum Gasteiger partial charge on any atom is -0.348 e. The minimum atomic E-state index is -0.0350. The van der Waals surface area contributed by atoms with E-state index in [9.17, 15) is 9.59 Å². The summed E-state index contributed by atoms with van der Waals surface area (Å²) in [4.78, 5) is 31.9. The minimum absolute atomic E-state index is 0.0350. The van der Waals surface area contributed by atoms with Crippen LogP contribution in [0.3, 0.4) is 0 Å². The van der Waals surface area contributed by atoms with Crippen molar-refractivity contribution in [2.45, 2.75) is 70.6 Å². The highest BCUT2D eigenvalue weighted by atomic mass is 16.2. The first-order chi connectivity index (χ1) is 16.5. The van der Waals surface area contributed by atoms with Crippen LogP contribution in [-0.4, -0.2) is 93.7 Å². The number of nitrogens with one attached hydrogen (secondary N) is 1. The molecule has 0 saturated carbocycles. The van der Waals surface area contributed by atoms with Gasteiger partial charge in [0.25, 0.3) is 5.91 Å². The second kappa shape index (κ2) is 10.0. The van der Waals surface area contributed by atoms with Crippen LogP contribution in [0.1, 0.15) is 56.4 Å².